The maximum atomic E-state index is 12.7. The van der Waals surface area contributed by atoms with Crippen LogP contribution in [0.3, 0.4) is 0 Å². The number of carbonyl (C=O) groups is 2. The summed E-state index contributed by atoms with van der Waals surface area (Å²) < 4.78 is 32.9. The Kier molecular flexibility index (Phi) is 4.88. The van der Waals surface area contributed by atoms with E-state index in [1.54, 1.807) is 18.2 Å². The zero-order chi connectivity index (χ0) is 18.9. The maximum Gasteiger partial charge on any atom is 0.262 e. The van der Waals surface area contributed by atoms with Gasteiger partial charge in [0.05, 0.1) is 28.4 Å². The van der Waals surface area contributed by atoms with Crippen LogP contribution in [-0.4, -0.2) is 27.3 Å². The molecule has 9 heteroatoms. The molecule has 0 atom stereocenters. The number of rotatable bonds is 5. The van der Waals surface area contributed by atoms with E-state index in [0.717, 1.165) is 4.90 Å². The normalized spacial score (nSPS) is 14.6. The first-order valence-electron chi connectivity index (χ1n) is 7.64. The third-order valence-corrected chi connectivity index (χ3v) is 5.56. The van der Waals surface area contributed by atoms with Crippen LogP contribution in [0, 0.1) is 0 Å². The quantitative estimate of drug-likeness (QED) is 0.787. The molecule has 1 aliphatic heterocycles. The Hall–Kier alpha value is -2.58. The van der Waals surface area contributed by atoms with Gasteiger partial charge in [-0.15, -0.1) is 0 Å². The number of nitrogens with one attached hydrogen (secondary N) is 1. The molecule has 0 aromatic heterocycles. The fraction of sp³-hybridized carbons (Fsp3) is 0.176. The van der Waals surface area contributed by atoms with E-state index in [-0.39, 0.29) is 39.9 Å². The summed E-state index contributed by atoms with van der Waals surface area (Å²) in [7, 11) is -2.61. The predicted molar refractivity (Wildman–Crippen MR) is 97.0 cm³/mol. The van der Waals surface area contributed by atoms with E-state index in [4.69, 9.17) is 16.3 Å². The standard InChI is InChI=1S/C17H15ClN2O5S/c1-25-15-7-6-11(10-14(15)20-16(21)8-9-17(20)22)26(23,24)19-13-5-3-2-4-12(13)18/h2-7,10,19H,8-9H2,1H3. The van der Waals surface area contributed by atoms with Gasteiger partial charge in [-0.25, -0.2) is 13.3 Å². The van der Waals surface area contributed by atoms with Crippen molar-refractivity contribution in [2.75, 3.05) is 16.7 Å². The Morgan fingerprint density at radius 3 is 2.35 bits per heavy atom. The minimum absolute atomic E-state index is 0.0802. The van der Waals surface area contributed by atoms with Crippen LogP contribution in [0.15, 0.2) is 47.4 Å². The highest BCUT2D eigenvalue weighted by Crippen LogP contribution is 2.35. The minimum Gasteiger partial charge on any atom is -0.495 e. The molecular weight excluding hydrogens is 380 g/mol. The lowest BCUT2D eigenvalue weighted by atomic mass is 10.2. The Morgan fingerprint density at radius 2 is 1.73 bits per heavy atom. The van der Waals surface area contributed by atoms with E-state index in [9.17, 15) is 18.0 Å². The number of sulfonamides is 1. The van der Waals surface area contributed by atoms with Gasteiger partial charge in [-0.05, 0) is 30.3 Å². The molecule has 0 radical (unpaired) electrons. The number of nitrogens with zero attached hydrogens (tertiary/aromatic N) is 1. The molecule has 1 aliphatic rings. The molecule has 1 heterocycles. The van der Waals surface area contributed by atoms with Gasteiger partial charge in [0.15, 0.2) is 0 Å². The summed E-state index contributed by atoms with van der Waals surface area (Å²) in [6.45, 7) is 0. The second kappa shape index (κ2) is 6.97. The summed E-state index contributed by atoms with van der Waals surface area (Å²) in [6.07, 6.45) is 0.160. The largest absolute Gasteiger partial charge is 0.495 e. The fourth-order valence-corrected chi connectivity index (χ4v) is 3.94. The molecular formula is C17H15ClN2O5S. The number of hydrogen-bond acceptors (Lipinski definition) is 5. The second-order valence-electron chi connectivity index (χ2n) is 5.54. The zero-order valence-electron chi connectivity index (χ0n) is 13.7. The molecule has 7 nitrogen and oxygen atoms in total. The summed E-state index contributed by atoms with van der Waals surface area (Å²) in [5.41, 5.74) is 0.321. The van der Waals surface area contributed by atoms with Crippen molar-refractivity contribution in [3.63, 3.8) is 0 Å². The molecule has 1 N–H and O–H groups in total. The smallest absolute Gasteiger partial charge is 0.262 e. The van der Waals surface area contributed by atoms with Gasteiger partial charge >= 0.3 is 0 Å². The van der Waals surface area contributed by atoms with Gasteiger partial charge in [-0.1, -0.05) is 23.7 Å². The van der Waals surface area contributed by atoms with Gasteiger partial charge in [0.1, 0.15) is 5.75 Å². The highest BCUT2D eigenvalue weighted by molar-refractivity contribution is 7.92. The Bertz CT molecular complexity index is 974. The Labute approximate surface area is 155 Å². The number of ether oxygens (including phenoxy) is 1. The first-order chi connectivity index (χ1) is 12.3. The van der Waals surface area contributed by atoms with Crippen LogP contribution < -0.4 is 14.4 Å². The predicted octanol–water partition coefficient (Wildman–Crippen LogP) is 2.80. The average Bonchev–Trinajstić information content (AvgIpc) is 2.94. The molecule has 2 aromatic rings. The molecule has 0 spiro atoms. The summed E-state index contributed by atoms with van der Waals surface area (Å²) in [4.78, 5) is 24.9. The van der Waals surface area contributed by atoms with Gasteiger partial charge in [0.2, 0.25) is 11.8 Å². The molecule has 3 rings (SSSR count). The number of imide groups is 1. The lowest BCUT2D eigenvalue weighted by Gasteiger charge is -2.18. The maximum absolute atomic E-state index is 12.7. The van der Waals surface area contributed by atoms with Crippen LogP contribution in [0.2, 0.25) is 5.02 Å². The second-order valence-corrected chi connectivity index (χ2v) is 7.63. The molecule has 2 amide bonds. The van der Waals surface area contributed by atoms with E-state index in [1.807, 2.05) is 0 Å². The lowest BCUT2D eigenvalue weighted by molar-refractivity contribution is -0.121. The van der Waals surface area contributed by atoms with Crippen molar-refractivity contribution in [2.45, 2.75) is 17.7 Å². The van der Waals surface area contributed by atoms with Gasteiger partial charge in [0.25, 0.3) is 10.0 Å². The minimum atomic E-state index is -3.99. The van der Waals surface area contributed by atoms with Gasteiger partial charge < -0.3 is 4.74 Å². The van der Waals surface area contributed by atoms with Crippen molar-refractivity contribution < 1.29 is 22.7 Å². The summed E-state index contributed by atoms with van der Waals surface area (Å²) in [5, 5.41) is 0.245. The zero-order valence-corrected chi connectivity index (χ0v) is 15.3. The lowest BCUT2D eigenvalue weighted by Crippen LogP contribution is -2.29. The van der Waals surface area contributed by atoms with Crippen LogP contribution in [0.1, 0.15) is 12.8 Å². The molecule has 26 heavy (non-hydrogen) atoms. The third-order valence-electron chi connectivity index (χ3n) is 3.87. The van der Waals surface area contributed by atoms with E-state index in [0.29, 0.717) is 0 Å². The van der Waals surface area contributed by atoms with Crippen LogP contribution in [0.5, 0.6) is 5.75 Å². The first-order valence-corrected chi connectivity index (χ1v) is 9.51. The van der Waals surface area contributed by atoms with Crippen LogP contribution in [0.4, 0.5) is 11.4 Å². The number of methoxy groups -OCH3 is 1. The van der Waals surface area contributed by atoms with Crippen molar-refractivity contribution in [1.29, 1.82) is 0 Å². The van der Waals surface area contributed by atoms with Crippen molar-refractivity contribution in [1.82, 2.24) is 0 Å². The number of halogens is 1. The van der Waals surface area contributed by atoms with E-state index in [1.165, 1.54) is 31.4 Å². The summed E-state index contributed by atoms with van der Waals surface area (Å²) >= 11 is 5.99. The molecule has 1 fully saturated rings. The van der Waals surface area contributed by atoms with Crippen LogP contribution in [0.25, 0.3) is 0 Å². The molecule has 0 aliphatic carbocycles. The number of para-hydroxylation sites is 1. The third kappa shape index (κ3) is 3.38. The SMILES string of the molecule is COc1ccc(S(=O)(=O)Nc2ccccc2Cl)cc1N1C(=O)CCC1=O. The van der Waals surface area contributed by atoms with E-state index >= 15 is 0 Å². The van der Waals surface area contributed by atoms with Gasteiger partial charge in [0, 0.05) is 12.8 Å². The van der Waals surface area contributed by atoms with Gasteiger partial charge in [-0.3, -0.25) is 14.3 Å². The fourth-order valence-electron chi connectivity index (χ4n) is 2.60. The van der Waals surface area contributed by atoms with Crippen molar-refractivity contribution >= 4 is 44.8 Å². The highest BCUT2D eigenvalue weighted by atomic mass is 35.5. The first kappa shape index (κ1) is 18.2. The Balaban J connectivity index is 2.03. The highest BCUT2D eigenvalue weighted by Gasteiger charge is 2.33. The number of carbonyl (C=O) groups excluding carboxylic acids is 2. The van der Waals surface area contributed by atoms with Gasteiger partial charge in [-0.2, -0.15) is 0 Å². The molecule has 0 saturated carbocycles. The van der Waals surface area contributed by atoms with Crippen molar-refractivity contribution in [3.8, 4) is 5.75 Å². The van der Waals surface area contributed by atoms with Crippen molar-refractivity contribution in [2.24, 2.45) is 0 Å². The van der Waals surface area contributed by atoms with Crippen LogP contribution in [-0.2, 0) is 19.6 Å². The number of amides is 2. The topological polar surface area (TPSA) is 92.8 Å². The van der Waals surface area contributed by atoms with Crippen LogP contribution >= 0.6 is 11.6 Å². The Morgan fingerprint density at radius 1 is 1.08 bits per heavy atom. The number of benzene rings is 2. The summed E-state index contributed by atoms with van der Waals surface area (Å²) in [6, 6.07) is 10.4. The molecule has 0 bridgehead atoms. The van der Waals surface area contributed by atoms with Crippen molar-refractivity contribution in [3.05, 3.63) is 47.5 Å². The van der Waals surface area contributed by atoms with E-state index in [2.05, 4.69) is 4.72 Å². The molecule has 0 unspecified atom stereocenters. The number of hydrogen-bond donors (Lipinski definition) is 1. The molecule has 136 valence electrons. The monoisotopic (exact) mass is 394 g/mol. The molecule has 2 aromatic carbocycles. The molecule has 1 saturated heterocycles. The average molecular weight is 395 g/mol. The van der Waals surface area contributed by atoms with E-state index < -0.39 is 21.8 Å². The number of anilines is 2. The summed E-state index contributed by atoms with van der Waals surface area (Å²) in [5.74, 6) is -0.575.